The first-order valence-corrected chi connectivity index (χ1v) is 6.02. The minimum atomic E-state index is -0.277. The van der Waals surface area contributed by atoms with Crippen LogP contribution >= 0.6 is 0 Å². The average Bonchev–Trinajstić information content (AvgIpc) is 2.59. The number of H-pyrrole nitrogens is 1. The summed E-state index contributed by atoms with van der Waals surface area (Å²) in [4.78, 5) is 13.6. The molecule has 1 N–H and O–H groups in total. The number of nitrogens with zero attached hydrogens (tertiary/aromatic N) is 4. The predicted molar refractivity (Wildman–Crippen MR) is 68.3 cm³/mol. The average molecular weight is 250 g/mol. The van der Waals surface area contributed by atoms with E-state index >= 15 is 0 Å². The van der Waals surface area contributed by atoms with Crippen LogP contribution in [0.5, 0.6) is 0 Å². The number of fused-ring (bicyclic) bond motifs is 1. The second-order valence-electron chi connectivity index (χ2n) is 6.49. The molecule has 0 spiro atoms. The minimum Gasteiger partial charge on any atom is -0.263 e. The lowest BCUT2D eigenvalue weighted by atomic mass is 10.1. The number of hydrogen-bond acceptors (Lipinski definition) is 3. The molecule has 0 aliphatic rings. The van der Waals surface area contributed by atoms with Gasteiger partial charge in [0.05, 0.1) is 11.7 Å². The fourth-order valence-corrected chi connectivity index (χ4v) is 1.68. The molecule has 0 aliphatic carbocycles. The van der Waals surface area contributed by atoms with Crippen LogP contribution in [0, 0.1) is 0 Å². The summed E-state index contributed by atoms with van der Waals surface area (Å²) < 4.78 is 1.78. The van der Waals surface area contributed by atoms with E-state index in [0.717, 1.165) is 0 Å². The zero-order chi connectivity index (χ0) is 13.7. The summed E-state index contributed by atoms with van der Waals surface area (Å²) in [5.74, 6) is 0. The largest absolute Gasteiger partial charge is 0.313 e. The number of aromatic nitrogens is 5. The van der Waals surface area contributed by atoms with E-state index in [2.05, 4.69) is 15.3 Å². The third kappa shape index (κ3) is 2.02. The van der Waals surface area contributed by atoms with E-state index in [1.807, 2.05) is 41.5 Å². The van der Waals surface area contributed by atoms with Crippen molar-refractivity contribution < 1.29 is 4.80 Å². The Kier molecular flexibility index (Phi) is 2.57. The summed E-state index contributed by atoms with van der Waals surface area (Å²) in [5, 5.41) is 12.0. The fraction of sp³-hybridized carbons (Fsp3) is 0.667. The van der Waals surface area contributed by atoms with Crippen molar-refractivity contribution in [2.75, 3.05) is 0 Å². The third-order valence-electron chi connectivity index (χ3n) is 2.66. The van der Waals surface area contributed by atoms with E-state index in [4.69, 9.17) is 0 Å². The molecule has 6 heteroatoms. The van der Waals surface area contributed by atoms with Crippen molar-refractivity contribution in [2.24, 2.45) is 0 Å². The Morgan fingerprint density at radius 3 is 2.33 bits per heavy atom. The van der Waals surface area contributed by atoms with Crippen molar-refractivity contribution >= 4 is 11.0 Å². The highest BCUT2D eigenvalue weighted by atomic mass is 16.1. The van der Waals surface area contributed by atoms with Crippen molar-refractivity contribution in [3.05, 3.63) is 16.6 Å². The molecule has 0 amide bonds. The van der Waals surface area contributed by atoms with Gasteiger partial charge in [0.25, 0.3) is 0 Å². The Morgan fingerprint density at radius 2 is 1.83 bits per heavy atom. The lowest BCUT2D eigenvalue weighted by molar-refractivity contribution is -0.854. The zero-order valence-electron chi connectivity index (χ0n) is 11.8. The van der Waals surface area contributed by atoms with Crippen LogP contribution in [0.15, 0.2) is 11.0 Å². The van der Waals surface area contributed by atoms with E-state index in [0.29, 0.717) is 11.0 Å². The number of rotatable bonds is 0. The smallest absolute Gasteiger partial charge is 0.263 e. The summed E-state index contributed by atoms with van der Waals surface area (Å²) in [7, 11) is 0. The normalized spacial score (nSPS) is 13.2. The molecule has 0 bridgehead atoms. The molecule has 0 saturated heterocycles. The lowest BCUT2D eigenvalue weighted by Gasteiger charge is -2.19. The molecule has 6 nitrogen and oxygen atoms in total. The molecule has 0 aromatic carbocycles. The summed E-state index contributed by atoms with van der Waals surface area (Å²) in [5.41, 5.74) is -0.0370. The molecule has 2 heterocycles. The topological polar surface area (TPSA) is 67.5 Å². The summed E-state index contributed by atoms with van der Waals surface area (Å²) >= 11 is 0. The van der Waals surface area contributed by atoms with E-state index in [9.17, 15) is 4.79 Å². The van der Waals surface area contributed by atoms with Gasteiger partial charge in [-0.2, -0.15) is 5.10 Å². The van der Waals surface area contributed by atoms with Crippen LogP contribution in [0.1, 0.15) is 41.5 Å². The van der Waals surface area contributed by atoms with Crippen molar-refractivity contribution in [2.45, 2.75) is 52.6 Å². The van der Waals surface area contributed by atoms with Crippen LogP contribution in [-0.4, -0.2) is 20.0 Å². The maximum absolute atomic E-state index is 12.0. The van der Waals surface area contributed by atoms with Crippen LogP contribution in [-0.2, 0) is 11.1 Å². The second-order valence-corrected chi connectivity index (χ2v) is 6.49. The van der Waals surface area contributed by atoms with Crippen LogP contribution < -0.4 is 10.4 Å². The molecular weight excluding hydrogens is 230 g/mol. The van der Waals surface area contributed by atoms with Gasteiger partial charge in [0.1, 0.15) is 5.39 Å². The number of nitrogens with one attached hydrogen (secondary N) is 1. The molecular formula is C12H20N5O+. The Morgan fingerprint density at radius 1 is 1.22 bits per heavy atom. The summed E-state index contributed by atoms with van der Waals surface area (Å²) in [6.45, 7) is 12.1. The van der Waals surface area contributed by atoms with E-state index < -0.39 is 0 Å². The van der Waals surface area contributed by atoms with Gasteiger partial charge in [0, 0.05) is 30.7 Å². The third-order valence-corrected chi connectivity index (χ3v) is 2.66. The first-order valence-electron chi connectivity index (χ1n) is 6.02. The Hall–Kier alpha value is -1.72. The molecule has 2 aromatic rings. The highest BCUT2D eigenvalue weighted by molar-refractivity contribution is 5.72. The molecule has 0 atom stereocenters. The van der Waals surface area contributed by atoms with Crippen molar-refractivity contribution in [1.29, 1.82) is 0 Å². The summed E-state index contributed by atoms with van der Waals surface area (Å²) in [6, 6.07) is 0. The van der Waals surface area contributed by atoms with Crippen molar-refractivity contribution in [3.8, 4) is 0 Å². The molecule has 0 aliphatic heterocycles. The first kappa shape index (κ1) is 12.7. The quantitative estimate of drug-likeness (QED) is 0.707. The van der Waals surface area contributed by atoms with Crippen LogP contribution in [0.25, 0.3) is 11.0 Å². The van der Waals surface area contributed by atoms with Gasteiger partial charge in [-0.3, -0.25) is 4.79 Å². The molecule has 0 unspecified atom stereocenters. The van der Waals surface area contributed by atoms with Gasteiger partial charge in [-0.15, -0.1) is 0 Å². The Labute approximate surface area is 106 Å². The van der Waals surface area contributed by atoms with E-state index in [1.165, 1.54) is 0 Å². The van der Waals surface area contributed by atoms with Crippen molar-refractivity contribution in [3.63, 3.8) is 0 Å². The van der Waals surface area contributed by atoms with E-state index in [-0.39, 0.29) is 16.6 Å². The van der Waals surface area contributed by atoms with Gasteiger partial charge in [-0.05, 0) is 20.8 Å². The molecule has 18 heavy (non-hydrogen) atoms. The molecule has 2 aromatic heterocycles. The van der Waals surface area contributed by atoms with Gasteiger partial charge >= 0.3 is 5.56 Å². The van der Waals surface area contributed by atoms with Crippen LogP contribution in [0.4, 0.5) is 0 Å². The number of aromatic amines is 1. The predicted octanol–water partition coefficient (Wildman–Crippen LogP) is 0.917. The van der Waals surface area contributed by atoms with Gasteiger partial charge in [0.15, 0.2) is 0 Å². The highest BCUT2D eigenvalue weighted by Gasteiger charge is 2.29. The highest BCUT2D eigenvalue weighted by Crippen LogP contribution is 2.17. The van der Waals surface area contributed by atoms with Gasteiger partial charge in [0.2, 0.25) is 11.2 Å². The molecule has 0 saturated carbocycles. The maximum atomic E-state index is 12.0. The Bertz CT molecular complexity index is 639. The zero-order valence-corrected chi connectivity index (χ0v) is 11.8. The SMILES string of the molecule is CC(C)(C)n1ncc2c(=O)[nH][n+](C(C)(C)C)nc21. The molecule has 98 valence electrons. The first-order chi connectivity index (χ1) is 8.10. The molecule has 0 radical (unpaired) electrons. The molecule has 2 rings (SSSR count). The van der Waals surface area contributed by atoms with Gasteiger partial charge in [-0.25, -0.2) is 4.68 Å². The maximum Gasteiger partial charge on any atom is 0.313 e. The fourth-order valence-electron chi connectivity index (χ4n) is 1.68. The molecule has 0 fully saturated rings. The lowest BCUT2D eigenvalue weighted by Crippen LogP contribution is -2.58. The van der Waals surface area contributed by atoms with Crippen LogP contribution in [0.3, 0.4) is 0 Å². The Balaban J connectivity index is 2.81. The van der Waals surface area contributed by atoms with E-state index in [1.54, 1.807) is 15.7 Å². The monoisotopic (exact) mass is 250 g/mol. The van der Waals surface area contributed by atoms with Crippen molar-refractivity contribution in [1.82, 2.24) is 20.0 Å². The van der Waals surface area contributed by atoms with Gasteiger partial charge in [-0.1, -0.05) is 5.10 Å². The standard InChI is InChI=1S/C12H19N5O/c1-11(2,3)16-9-8(7-13-16)10(18)15-17(14-9)12(4,5)6/h7H,1-6H3/p+1. The van der Waals surface area contributed by atoms with Gasteiger partial charge < -0.3 is 0 Å². The minimum absolute atomic E-state index is 0.162. The summed E-state index contributed by atoms with van der Waals surface area (Å²) in [6.07, 6.45) is 1.57. The second kappa shape index (κ2) is 3.63. The number of hydrogen-bond donors (Lipinski definition) is 1. The van der Waals surface area contributed by atoms with Crippen LogP contribution in [0.2, 0.25) is 0 Å².